The molecule has 0 radical (unpaired) electrons. The second-order valence-electron chi connectivity index (χ2n) is 6.77. The number of nitrogens with zero attached hydrogens (tertiary/aromatic N) is 1. The first kappa shape index (κ1) is 18.9. The number of likely N-dealkylation sites (tertiary alicyclic amines) is 1. The fourth-order valence-corrected chi connectivity index (χ4v) is 3.60. The van der Waals surface area contributed by atoms with Crippen LogP contribution in [0.4, 0.5) is 0 Å². The van der Waals surface area contributed by atoms with Crippen molar-refractivity contribution in [3.8, 4) is 17.2 Å². The molecule has 0 aromatic heterocycles. The lowest BCUT2D eigenvalue weighted by Gasteiger charge is -2.22. The zero-order valence-corrected chi connectivity index (χ0v) is 16.2. The Hall–Kier alpha value is -3.48. The quantitative estimate of drug-likeness (QED) is 0.487. The number of ether oxygens (including phenoxy) is 3. The molecule has 7 heteroatoms. The smallest absolute Gasteiger partial charge is 0.295 e. The van der Waals surface area contributed by atoms with E-state index in [0.29, 0.717) is 48.2 Å². The van der Waals surface area contributed by atoms with E-state index >= 15 is 0 Å². The highest BCUT2D eigenvalue weighted by atomic mass is 16.6. The maximum atomic E-state index is 12.7. The van der Waals surface area contributed by atoms with Gasteiger partial charge >= 0.3 is 0 Å². The summed E-state index contributed by atoms with van der Waals surface area (Å²) in [5.74, 6) is 0.122. The van der Waals surface area contributed by atoms with Crippen LogP contribution in [0.5, 0.6) is 17.2 Å². The first-order valence-electron chi connectivity index (χ1n) is 9.38. The number of ketones is 1. The Morgan fingerprint density at radius 1 is 1.10 bits per heavy atom. The van der Waals surface area contributed by atoms with Gasteiger partial charge in [0.05, 0.1) is 18.2 Å². The number of amides is 1. The molecule has 1 fully saturated rings. The molecule has 0 spiro atoms. The molecule has 1 atom stereocenters. The summed E-state index contributed by atoms with van der Waals surface area (Å²) in [5, 5.41) is 11.0. The van der Waals surface area contributed by atoms with Crippen LogP contribution in [0.1, 0.15) is 24.1 Å². The van der Waals surface area contributed by atoms with Crippen molar-refractivity contribution in [1.29, 1.82) is 0 Å². The van der Waals surface area contributed by atoms with Gasteiger partial charge in [0.1, 0.15) is 24.7 Å². The van der Waals surface area contributed by atoms with Gasteiger partial charge in [-0.2, -0.15) is 0 Å². The van der Waals surface area contributed by atoms with Gasteiger partial charge in [-0.15, -0.1) is 0 Å². The molecule has 29 heavy (non-hydrogen) atoms. The van der Waals surface area contributed by atoms with E-state index in [4.69, 9.17) is 14.2 Å². The Bertz CT molecular complexity index is 995. The molecule has 2 aliphatic rings. The van der Waals surface area contributed by atoms with Gasteiger partial charge in [0.2, 0.25) is 0 Å². The van der Waals surface area contributed by atoms with Gasteiger partial charge in [0, 0.05) is 12.6 Å². The molecular weight excluding hydrogens is 374 g/mol. The summed E-state index contributed by atoms with van der Waals surface area (Å²) in [6, 6.07) is 11.4. The summed E-state index contributed by atoms with van der Waals surface area (Å²) in [7, 11) is 1.55. The lowest BCUT2D eigenvalue weighted by Crippen LogP contribution is -2.24. The number of carbonyl (C=O) groups excluding carboxylic acids is 2. The largest absolute Gasteiger partial charge is 0.507 e. The zero-order valence-electron chi connectivity index (χ0n) is 16.2. The van der Waals surface area contributed by atoms with Gasteiger partial charge in [0.15, 0.2) is 11.5 Å². The van der Waals surface area contributed by atoms with Crippen molar-refractivity contribution in [1.82, 2.24) is 4.90 Å². The van der Waals surface area contributed by atoms with E-state index in [1.54, 1.807) is 49.5 Å². The number of aliphatic hydroxyl groups excluding tert-OH is 1. The summed E-state index contributed by atoms with van der Waals surface area (Å²) in [4.78, 5) is 26.4. The third kappa shape index (κ3) is 3.29. The van der Waals surface area contributed by atoms with E-state index in [0.717, 1.165) is 0 Å². The predicted octanol–water partition coefficient (Wildman–Crippen LogP) is 2.91. The molecule has 0 saturated carbocycles. The number of fused-ring (bicyclic) bond motifs is 1. The number of carbonyl (C=O) groups is 2. The van der Waals surface area contributed by atoms with Gasteiger partial charge in [-0.3, -0.25) is 9.59 Å². The van der Waals surface area contributed by atoms with E-state index in [-0.39, 0.29) is 11.3 Å². The van der Waals surface area contributed by atoms with Crippen molar-refractivity contribution >= 4 is 17.4 Å². The molecule has 150 valence electrons. The maximum absolute atomic E-state index is 12.7. The van der Waals surface area contributed by atoms with Crippen molar-refractivity contribution < 1.29 is 28.9 Å². The molecular formula is C22H21NO6. The lowest BCUT2D eigenvalue weighted by atomic mass is 9.95. The van der Waals surface area contributed by atoms with Crippen LogP contribution in [0.15, 0.2) is 48.0 Å². The Kier molecular flexibility index (Phi) is 4.88. The summed E-state index contributed by atoms with van der Waals surface area (Å²) >= 11 is 0. The van der Waals surface area contributed by atoms with Gasteiger partial charge < -0.3 is 24.2 Å². The van der Waals surface area contributed by atoms with Crippen LogP contribution in [-0.4, -0.2) is 48.6 Å². The van der Waals surface area contributed by atoms with Gasteiger partial charge in [-0.25, -0.2) is 0 Å². The highest BCUT2D eigenvalue weighted by Gasteiger charge is 2.44. The zero-order chi connectivity index (χ0) is 20.5. The van der Waals surface area contributed by atoms with Crippen LogP contribution in [0.3, 0.4) is 0 Å². The Labute approximate surface area is 168 Å². The van der Waals surface area contributed by atoms with Crippen molar-refractivity contribution in [2.75, 3.05) is 26.9 Å². The summed E-state index contributed by atoms with van der Waals surface area (Å²) in [6.07, 6.45) is 0. The standard InChI is InChI=1S/C22H21NO6/c1-3-27-15-7-4-13(5-8-15)19-18(21(25)22(26)23(19)2)20(24)14-6-9-16-17(12-14)29-11-10-28-16/h4-9,12,19,24H,3,10-11H2,1-2H3/b20-18+. The number of likely N-dealkylation sites (N-methyl/N-ethyl adjacent to an activating group) is 1. The van der Waals surface area contributed by atoms with Crippen LogP contribution >= 0.6 is 0 Å². The van der Waals surface area contributed by atoms with Crippen LogP contribution in [0, 0.1) is 0 Å². The lowest BCUT2D eigenvalue weighted by molar-refractivity contribution is -0.139. The number of Topliss-reactive ketones (excluding diaryl/α,β-unsaturated/α-hetero) is 1. The van der Waals surface area contributed by atoms with E-state index in [1.807, 2.05) is 6.92 Å². The molecule has 2 heterocycles. The van der Waals surface area contributed by atoms with Crippen molar-refractivity contribution in [2.24, 2.45) is 0 Å². The minimum Gasteiger partial charge on any atom is -0.507 e. The van der Waals surface area contributed by atoms with E-state index in [1.165, 1.54) is 4.90 Å². The molecule has 2 aliphatic heterocycles. The fraction of sp³-hybridized carbons (Fsp3) is 0.273. The molecule has 1 unspecified atom stereocenters. The van der Waals surface area contributed by atoms with Gasteiger partial charge in [-0.1, -0.05) is 12.1 Å². The van der Waals surface area contributed by atoms with Crippen LogP contribution in [0.2, 0.25) is 0 Å². The molecule has 0 aliphatic carbocycles. The van der Waals surface area contributed by atoms with Crippen LogP contribution in [-0.2, 0) is 9.59 Å². The fourth-order valence-electron chi connectivity index (χ4n) is 3.60. The number of aliphatic hydroxyl groups is 1. The van der Waals surface area contributed by atoms with E-state index in [2.05, 4.69) is 0 Å². The Balaban J connectivity index is 1.78. The minimum atomic E-state index is -0.723. The summed E-state index contributed by atoms with van der Waals surface area (Å²) in [6.45, 7) is 3.29. The maximum Gasteiger partial charge on any atom is 0.295 e. The molecule has 1 N–H and O–H groups in total. The van der Waals surface area contributed by atoms with Crippen molar-refractivity contribution in [3.05, 3.63) is 59.2 Å². The number of benzene rings is 2. The second kappa shape index (κ2) is 7.50. The normalized spacial score (nSPS) is 20.1. The summed E-state index contributed by atoms with van der Waals surface area (Å²) in [5.41, 5.74) is 1.13. The summed E-state index contributed by atoms with van der Waals surface area (Å²) < 4.78 is 16.5. The molecule has 2 aromatic rings. The molecule has 1 amide bonds. The molecule has 4 rings (SSSR count). The molecule has 2 aromatic carbocycles. The van der Waals surface area contributed by atoms with E-state index in [9.17, 15) is 14.7 Å². The second-order valence-corrected chi connectivity index (χ2v) is 6.77. The third-order valence-electron chi connectivity index (χ3n) is 5.00. The SMILES string of the molecule is CCOc1ccc(C2/C(=C(\O)c3ccc4c(c3)OCCO4)C(=O)C(=O)N2C)cc1. The van der Waals surface area contributed by atoms with Crippen LogP contribution < -0.4 is 14.2 Å². The molecule has 1 saturated heterocycles. The number of hydrogen-bond acceptors (Lipinski definition) is 6. The van der Waals surface area contributed by atoms with Crippen LogP contribution in [0.25, 0.3) is 5.76 Å². The molecule has 7 nitrogen and oxygen atoms in total. The first-order chi connectivity index (χ1) is 14.0. The third-order valence-corrected chi connectivity index (χ3v) is 5.00. The molecule has 0 bridgehead atoms. The average molecular weight is 395 g/mol. The topological polar surface area (TPSA) is 85.3 Å². The highest BCUT2D eigenvalue weighted by molar-refractivity contribution is 6.46. The monoisotopic (exact) mass is 395 g/mol. The predicted molar refractivity (Wildman–Crippen MR) is 105 cm³/mol. The Morgan fingerprint density at radius 2 is 1.79 bits per heavy atom. The highest BCUT2D eigenvalue weighted by Crippen LogP contribution is 2.40. The van der Waals surface area contributed by atoms with Crippen molar-refractivity contribution in [2.45, 2.75) is 13.0 Å². The first-order valence-corrected chi connectivity index (χ1v) is 9.38. The minimum absolute atomic E-state index is 0.0401. The number of hydrogen-bond donors (Lipinski definition) is 1. The van der Waals surface area contributed by atoms with Crippen molar-refractivity contribution in [3.63, 3.8) is 0 Å². The number of rotatable bonds is 4. The van der Waals surface area contributed by atoms with Gasteiger partial charge in [-0.05, 0) is 42.8 Å². The van der Waals surface area contributed by atoms with E-state index < -0.39 is 17.7 Å². The Morgan fingerprint density at radius 3 is 2.48 bits per heavy atom. The van der Waals surface area contributed by atoms with Gasteiger partial charge in [0.25, 0.3) is 11.7 Å². The average Bonchev–Trinajstić information content (AvgIpc) is 2.97.